The highest BCUT2D eigenvalue weighted by molar-refractivity contribution is 7.58. The molecule has 1 aliphatic carbocycles. The summed E-state index contributed by atoms with van der Waals surface area (Å²) in [5.41, 5.74) is -4.33. The average Bonchev–Trinajstić information content (AvgIpc) is 3.36. The smallest absolute Gasteiger partial charge is 0.354 e. The molecular formula is C26H34F8N3OP. The fourth-order valence-corrected chi connectivity index (χ4v) is 6.04. The number of benzene rings is 1. The fourth-order valence-electron chi connectivity index (χ4n) is 5.36. The third kappa shape index (κ3) is 7.90. The first kappa shape index (κ1) is 31.7. The van der Waals surface area contributed by atoms with E-state index in [9.17, 15) is 39.9 Å². The maximum atomic E-state index is 14.2. The van der Waals surface area contributed by atoms with Gasteiger partial charge in [-0.1, -0.05) is 21.4 Å². The van der Waals surface area contributed by atoms with E-state index in [4.69, 9.17) is 0 Å². The van der Waals surface area contributed by atoms with Gasteiger partial charge in [0.1, 0.15) is 5.41 Å². The molecule has 1 aromatic carbocycles. The van der Waals surface area contributed by atoms with Crippen LogP contribution in [0.4, 0.5) is 35.1 Å². The standard InChI is InChI=1S/C26H34F8N3OP/c1-23(27,28)24(7-3-4-8-24)22(38)35-9-12-37-10-5-17(6-11-37)16-36-21(39-2)18-13-19(25(29,30)31)15-20(14-18)26(32,33)34/h13-15,17,39H,3-12,16H2,1-2H3,(H,35,38). The summed E-state index contributed by atoms with van der Waals surface area (Å²) in [4.78, 5) is 19.1. The number of nitrogens with one attached hydrogen (secondary N) is 1. The Balaban J connectivity index is 1.55. The van der Waals surface area contributed by atoms with Gasteiger partial charge in [0.05, 0.1) is 16.6 Å². The number of nitrogens with zero attached hydrogens (tertiary/aromatic N) is 2. The number of hydrogen-bond acceptors (Lipinski definition) is 3. The molecule has 1 unspecified atom stereocenters. The van der Waals surface area contributed by atoms with Crippen molar-refractivity contribution >= 4 is 19.9 Å². The van der Waals surface area contributed by atoms with Gasteiger partial charge >= 0.3 is 12.4 Å². The summed E-state index contributed by atoms with van der Waals surface area (Å²) in [6.45, 7) is 4.82. The van der Waals surface area contributed by atoms with Crippen molar-refractivity contribution in [2.45, 2.75) is 63.7 Å². The molecule has 3 rings (SSSR count). The zero-order chi connectivity index (χ0) is 29.1. The van der Waals surface area contributed by atoms with Crippen LogP contribution in [0, 0.1) is 11.3 Å². The van der Waals surface area contributed by atoms with Gasteiger partial charge in [0.25, 0.3) is 5.92 Å². The predicted octanol–water partition coefficient (Wildman–Crippen LogP) is 6.82. The lowest BCUT2D eigenvalue weighted by Gasteiger charge is -2.34. The number of rotatable bonds is 9. The van der Waals surface area contributed by atoms with Crippen molar-refractivity contribution in [3.8, 4) is 0 Å². The quantitative estimate of drug-likeness (QED) is 0.196. The molecule has 1 aliphatic heterocycles. The van der Waals surface area contributed by atoms with Gasteiger partial charge in [-0.2, -0.15) is 26.3 Å². The summed E-state index contributed by atoms with van der Waals surface area (Å²) in [7, 11) is -0.0945. The van der Waals surface area contributed by atoms with Crippen LogP contribution in [0.25, 0.3) is 0 Å². The van der Waals surface area contributed by atoms with Gasteiger partial charge in [0, 0.05) is 32.1 Å². The molecule has 0 bridgehead atoms. The lowest BCUT2D eigenvalue weighted by atomic mass is 9.79. The van der Waals surface area contributed by atoms with Crippen LogP contribution in [0.2, 0.25) is 0 Å². The Morgan fingerprint density at radius 1 is 1.00 bits per heavy atom. The third-order valence-electron chi connectivity index (χ3n) is 7.76. The molecule has 13 heteroatoms. The molecule has 1 saturated heterocycles. The number of aliphatic imine (C=N–C) groups is 1. The molecular weight excluding hydrogens is 553 g/mol. The molecule has 2 fully saturated rings. The highest BCUT2D eigenvalue weighted by atomic mass is 31.1. The maximum Gasteiger partial charge on any atom is 0.416 e. The number of piperidine rings is 1. The van der Waals surface area contributed by atoms with Crippen LogP contribution in [0.5, 0.6) is 0 Å². The Morgan fingerprint density at radius 2 is 1.54 bits per heavy atom. The Hall–Kier alpha value is -1.81. The first-order chi connectivity index (χ1) is 18.1. The number of likely N-dealkylation sites (tertiary alicyclic amines) is 1. The monoisotopic (exact) mass is 587 g/mol. The Labute approximate surface area is 224 Å². The molecule has 0 radical (unpaired) electrons. The molecule has 2 aliphatic rings. The van der Waals surface area contributed by atoms with Gasteiger partial charge in [0.15, 0.2) is 0 Å². The highest BCUT2D eigenvalue weighted by Gasteiger charge is 2.56. The summed E-state index contributed by atoms with van der Waals surface area (Å²) in [6, 6.07) is 1.54. The van der Waals surface area contributed by atoms with Crippen molar-refractivity contribution in [2.24, 2.45) is 16.3 Å². The van der Waals surface area contributed by atoms with Crippen molar-refractivity contribution in [3.63, 3.8) is 0 Å². The van der Waals surface area contributed by atoms with Gasteiger partial charge < -0.3 is 10.2 Å². The summed E-state index contributed by atoms with van der Waals surface area (Å²) in [6.07, 6.45) is -6.86. The average molecular weight is 588 g/mol. The van der Waals surface area contributed by atoms with Crippen LogP contribution in [0.15, 0.2) is 23.2 Å². The molecule has 1 N–H and O–H groups in total. The van der Waals surface area contributed by atoms with E-state index in [1.165, 1.54) is 0 Å². The van der Waals surface area contributed by atoms with Gasteiger partial charge in [-0.25, -0.2) is 8.78 Å². The van der Waals surface area contributed by atoms with E-state index in [2.05, 4.69) is 15.2 Å². The number of carbonyl (C=O) groups is 1. The molecule has 0 aromatic heterocycles. The van der Waals surface area contributed by atoms with Crippen molar-refractivity contribution < 1.29 is 39.9 Å². The van der Waals surface area contributed by atoms with E-state index in [0.717, 1.165) is 6.92 Å². The number of halogens is 8. The van der Waals surface area contributed by atoms with E-state index in [1.54, 1.807) is 6.66 Å². The minimum Gasteiger partial charge on any atom is -0.354 e. The van der Waals surface area contributed by atoms with E-state index in [0.29, 0.717) is 57.5 Å². The van der Waals surface area contributed by atoms with E-state index in [-0.39, 0.29) is 57.5 Å². The molecule has 1 atom stereocenters. The summed E-state index contributed by atoms with van der Waals surface area (Å²) >= 11 is 0. The SMILES string of the molecule is CPC(=NCC1CCN(CCNC(=O)C2(C(C)(F)F)CCCC2)CC1)c1cc(C(F)(F)F)cc(C(F)(F)F)c1. The first-order valence-electron chi connectivity index (χ1n) is 13.0. The topological polar surface area (TPSA) is 44.7 Å². The fraction of sp³-hybridized carbons (Fsp3) is 0.692. The van der Waals surface area contributed by atoms with E-state index >= 15 is 0 Å². The van der Waals surface area contributed by atoms with Crippen molar-refractivity contribution in [1.29, 1.82) is 0 Å². The molecule has 1 aromatic rings. The van der Waals surface area contributed by atoms with E-state index < -0.39 is 40.7 Å². The molecule has 1 saturated carbocycles. The zero-order valence-electron chi connectivity index (χ0n) is 21.9. The Bertz CT molecular complexity index is 989. The molecule has 1 amide bonds. The predicted molar refractivity (Wildman–Crippen MR) is 136 cm³/mol. The molecule has 1 heterocycles. The molecule has 0 spiro atoms. The number of hydrogen-bond donors (Lipinski definition) is 1. The second-order valence-corrected chi connectivity index (χ2v) is 11.4. The number of alkyl halides is 8. The third-order valence-corrected chi connectivity index (χ3v) is 8.68. The lowest BCUT2D eigenvalue weighted by molar-refractivity contribution is -0.157. The van der Waals surface area contributed by atoms with Gasteiger partial charge in [0.2, 0.25) is 5.91 Å². The Kier molecular flexibility index (Phi) is 10.1. The van der Waals surface area contributed by atoms with Crippen LogP contribution in [0.1, 0.15) is 62.1 Å². The maximum absolute atomic E-state index is 14.2. The van der Waals surface area contributed by atoms with Crippen molar-refractivity contribution in [3.05, 3.63) is 34.9 Å². The van der Waals surface area contributed by atoms with E-state index in [1.807, 2.05) is 0 Å². The van der Waals surface area contributed by atoms with Gasteiger partial charge in [-0.3, -0.25) is 9.79 Å². The van der Waals surface area contributed by atoms with Gasteiger partial charge in [-0.05, 0) is 69.6 Å². The van der Waals surface area contributed by atoms with Crippen LogP contribution >= 0.6 is 8.58 Å². The van der Waals surface area contributed by atoms with Crippen LogP contribution in [-0.4, -0.2) is 61.6 Å². The van der Waals surface area contributed by atoms with Gasteiger partial charge in [-0.15, -0.1) is 0 Å². The zero-order valence-corrected chi connectivity index (χ0v) is 22.9. The second-order valence-electron chi connectivity index (χ2n) is 10.5. The number of carbonyl (C=O) groups excluding carboxylic acids is 1. The van der Waals surface area contributed by atoms with Crippen LogP contribution in [0.3, 0.4) is 0 Å². The Morgan fingerprint density at radius 3 is 2.00 bits per heavy atom. The minimum absolute atomic E-state index is 0.0945. The molecule has 4 nitrogen and oxygen atoms in total. The molecule has 39 heavy (non-hydrogen) atoms. The van der Waals surface area contributed by atoms with Crippen molar-refractivity contribution in [2.75, 3.05) is 39.4 Å². The lowest BCUT2D eigenvalue weighted by Crippen LogP contribution is -2.51. The minimum atomic E-state index is -4.92. The number of amides is 1. The summed E-state index contributed by atoms with van der Waals surface area (Å²) in [5.74, 6) is -3.59. The second kappa shape index (κ2) is 12.4. The van der Waals surface area contributed by atoms with Crippen molar-refractivity contribution in [1.82, 2.24) is 10.2 Å². The normalized spacial score (nSPS) is 20.2. The highest BCUT2D eigenvalue weighted by Crippen LogP contribution is 2.49. The summed E-state index contributed by atoms with van der Waals surface area (Å²) in [5, 5.41) is 2.68. The summed E-state index contributed by atoms with van der Waals surface area (Å²) < 4.78 is 108. The van der Waals surface area contributed by atoms with Crippen LogP contribution in [-0.2, 0) is 17.1 Å². The first-order valence-corrected chi connectivity index (χ1v) is 14.5. The largest absolute Gasteiger partial charge is 0.416 e. The van der Waals surface area contributed by atoms with Crippen LogP contribution < -0.4 is 5.32 Å². The molecule has 220 valence electrons.